The van der Waals surface area contributed by atoms with Crippen LogP contribution in [-0.2, 0) is 0 Å². The highest BCUT2D eigenvalue weighted by Crippen LogP contribution is 2.25. The number of likely N-dealkylation sites (N-methyl/N-ethyl adjacent to an activating group) is 1. The van der Waals surface area contributed by atoms with Crippen LogP contribution in [0.15, 0.2) is 23.3 Å². The van der Waals surface area contributed by atoms with Crippen molar-refractivity contribution >= 4 is 47.4 Å². The van der Waals surface area contributed by atoms with Crippen molar-refractivity contribution in [3.8, 4) is 0 Å². The van der Waals surface area contributed by atoms with Crippen LogP contribution in [0.4, 0.5) is 5.82 Å². The second kappa shape index (κ2) is 10.5. The molecule has 6 nitrogen and oxygen atoms in total. The maximum Gasteiger partial charge on any atom is 0.191 e. The van der Waals surface area contributed by atoms with E-state index < -0.39 is 0 Å². The van der Waals surface area contributed by atoms with Gasteiger partial charge in [-0.25, -0.2) is 4.98 Å². The first-order chi connectivity index (χ1) is 11.8. The van der Waals surface area contributed by atoms with Crippen molar-refractivity contribution in [1.82, 2.24) is 20.5 Å². The molecule has 1 aromatic heterocycles. The minimum Gasteiger partial charge on any atom is -0.357 e. The third kappa shape index (κ3) is 6.42. The van der Waals surface area contributed by atoms with Gasteiger partial charge in [0.2, 0.25) is 0 Å². The molecule has 1 atom stereocenters. The first kappa shape index (κ1) is 23.2. The van der Waals surface area contributed by atoms with E-state index in [-0.39, 0.29) is 29.5 Å². The molecule has 1 aliphatic heterocycles. The number of nitrogens with one attached hydrogen (secondary N) is 2. The van der Waals surface area contributed by atoms with E-state index in [1.54, 1.807) is 6.20 Å². The van der Waals surface area contributed by atoms with Crippen molar-refractivity contribution in [1.29, 1.82) is 0 Å². The zero-order chi connectivity index (χ0) is 18.4. The summed E-state index contributed by atoms with van der Waals surface area (Å²) >= 11 is 6.27. The van der Waals surface area contributed by atoms with Crippen molar-refractivity contribution in [2.45, 2.75) is 38.8 Å². The molecule has 1 fully saturated rings. The van der Waals surface area contributed by atoms with Crippen LogP contribution in [0.2, 0.25) is 5.02 Å². The second-order valence-corrected chi connectivity index (χ2v) is 7.69. The number of hydrogen-bond acceptors (Lipinski definition) is 4. The molecule has 1 saturated heterocycles. The maximum atomic E-state index is 6.27. The van der Waals surface area contributed by atoms with Crippen molar-refractivity contribution < 1.29 is 0 Å². The molecule has 0 radical (unpaired) electrons. The molecule has 2 N–H and O–H groups in total. The van der Waals surface area contributed by atoms with Crippen molar-refractivity contribution in [2.75, 3.05) is 45.2 Å². The normalized spacial score (nSPS) is 18.0. The summed E-state index contributed by atoms with van der Waals surface area (Å²) in [5.41, 5.74) is 0.0194. The highest BCUT2D eigenvalue weighted by molar-refractivity contribution is 14.0. The fourth-order valence-electron chi connectivity index (χ4n) is 2.61. The van der Waals surface area contributed by atoms with Gasteiger partial charge < -0.3 is 20.4 Å². The molecule has 26 heavy (non-hydrogen) atoms. The van der Waals surface area contributed by atoms with Crippen LogP contribution in [-0.4, -0.2) is 67.7 Å². The van der Waals surface area contributed by atoms with Gasteiger partial charge in [-0.1, -0.05) is 11.6 Å². The lowest BCUT2D eigenvalue weighted by Crippen LogP contribution is -2.47. The molecule has 2 heterocycles. The minimum absolute atomic E-state index is 0. The topological polar surface area (TPSA) is 55.8 Å². The fraction of sp³-hybridized carbons (Fsp3) is 0.667. The number of nitrogens with zero attached hydrogens (tertiary/aromatic N) is 4. The van der Waals surface area contributed by atoms with Gasteiger partial charge in [0.15, 0.2) is 5.96 Å². The standard InChI is InChI=1S/C18H31ClN6.HI/c1-6-20-17(22-13-18(2,3)24(4)5)23-14-9-11-25(12-14)16-15(19)8-7-10-21-16;/h7-8,10,14H,6,9,11-13H2,1-5H3,(H2,20,22,23);1H. The van der Waals surface area contributed by atoms with Gasteiger partial charge in [0.1, 0.15) is 5.82 Å². The summed E-state index contributed by atoms with van der Waals surface area (Å²) in [6.07, 6.45) is 2.82. The van der Waals surface area contributed by atoms with E-state index in [1.807, 2.05) is 12.1 Å². The number of rotatable bonds is 6. The van der Waals surface area contributed by atoms with Crippen LogP contribution in [0, 0.1) is 0 Å². The molecule has 0 saturated carbocycles. The fourth-order valence-corrected chi connectivity index (χ4v) is 2.85. The molecule has 0 spiro atoms. The summed E-state index contributed by atoms with van der Waals surface area (Å²) < 4.78 is 0. The Morgan fingerprint density at radius 2 is 2.19 bits per heavy atom. The van der Waals surface area contributed by atoms with E-state index in [0.717, 1.165) is 44.4 Å². The van der Waals surface area contributed by atoms with Crippen molar-refractivity contribution in [3.63, 3.8) is 0 Å². The molecule has 0 amide bonds. The average molecular weight is 495 g/mol. The van der Waals surface area contributed by atoms with Gasteiger partial charge >= 0.3 is 0 Å². The van der Waals surface area contributed by atoms with E-state index in [4.69, 9.17) is 16.6 Å². The molecular weight excluding hydrogens is 463 g/mol. The van der Waals surface area contributed by atoms with Crippen LogP contribution in [0.1, 0.15) is 27.2 Å². The summed E-state index contributed by atoms with van der Waals surface area (Å²) in [6, 6.07) is 4.08. The van der Waals surface area contributed by atoms with Crippen LogP contribution < -0.4 is 15.5 Å². The largest absolute Gasteiger partial charge is 0.357 e. The molecule has 148 valence electrons. The first-order valence-electron chi connectivity index (χ1n) is 8.91. The molecule has 1 aromatic rings. The van der Waals surface area contributed by atoms with Gasteiger partial charge in [-0.3, -0.25) is 4.99 Å². The van der Waals surface area contributed by atoms with Crippen LogP contribution in [0.3, 0.4) is 0 Å². The van der Waals surface area contributed by atoms with Gasteiger partial charge in [-0.2, -0.15) is 0 Å². The zero-order valence-corrected chi connectivity index (χ0v) is 19.5. The lowest BCUT2D eigenvalue weighted by Gasteiger charge is -2.31. The molecule has 0 aliphatic carbocycles. The Balaban J connectivity index is 0.00000338. The Kier molecular flexibility index (Phi) is 9.40. The quantitative estimate of drug-likeness (QED) is 0.362. The summed E-state index contributed by atoms with van der Waals surface area (Å²) in [5.74, 6) is 1.74. The van der Waals surface area contributed by atoms with Crippen LogP contribution in [0.5, 0.6) is 0 Å². The number of pyridine rings is 1. The number of halogens is 2. The third-order valence-corrected chi connectivity index (χ3v) is 5.04. The lowest BCUT2D eigenvalue weighted by molar-refractivity contribution is 0.204. The molecule has 0 aromatic carbocycles. The van der Waals surface area contributed by atoms with E-state index in [9.17, 15) is 0 Å². The Morgan fingerprint density at radius 1 is 1.46 bits per heavy atom. The number of anilines is 1. The van der Waals surface area contributed by atoms with Crippen LogP contribution >= 0.6 is 35.6 Å². The number of aromatic nitrogens is 1. The smallest absolute Gasteiger partial charge is 0.191 e. The molecule has 0 bridgehead atoms. The Hall–Kier alpha value is -0.800. The van der Waals surface area contributed by atoms with E-state index >= 15 is 0 Å². The van der Waals surface area contributed by atoms with Gasteiger partial charge in [0.05, 0.1) is 11.6 Å². The Morgan fingerprint density at radius 3 is 2.81 bits per heavy atom. The summed E-state index contributed by atoms with van der Waals surface area (Å²) in [6.45, 7) is 9.87. The number of hydrogen-bond donors (Lipinski definition) is 2. The SMILES string of the molecule is CCNC(=NCC(C)(C)N(C)C)NC1CCN(c2ncccc2Cl)C1.I. The van der Waals surface area contributed by atoms with Crippen molar-refractivity contribution in [3.05, 3.63) is 23.4 Å². The predicted molar refractivity (Wildman–Crippen MR) is 122 cm³/mol. The van der Waals surface area contributed by atoms with Gasteiger partial charge in [-0.15, -0.1) is 24.0 Å². The summed E-state index contributed by atoms with van der Waals surface area (Å²) in [5, 5.41) is 7.61. The van der Waals surface area contributed by atoms with E-state index in [2.05, 4.69) is 60.3 Å². The van der Waals surface area contributed by atoms with Crippen LogP contribution in [0.25, 0.3) is 0 Å². The number of aliphatic imine (C=N–C) groups is 1. The summed E-state index contributed by atoms with van der Waals surface area (Å²) in [4.78, 5) is 13.6. The highest BCUT2D eigenvalue weighted by atomic mass is 127. The molecule has 1 aliphatic rings. The number of guanidine groups is 1. The lowest BCUT2D eigenvalue weighted by atomic mass is 10.1. The van der Waals surface area contributed by atoms with Gasteiger partial charge in [-0.05, 0) is 53.4 Å². The minimum atomic E-state index is 0. The first-order valence-corrected chi connectivity index (χ1v) is 9.29. The molecular formula is C18H32ClIN6. The summed E-state index contributed by atoms with van der Waals surface area (Å²) in [7, 11) is 4.17. The van der Waals surface area contributed by atoms with Gasteiger partial charge in [0.25, 0.3) is 0 Å². The average Bonchev–Trinajstić information content (AvgIpc) is 3.01. The van der Waals surface area contributed by atoms with Gasteiger partial charge in [0, 0.05) is 37.4 Å². The highest BCUT2D eigenvalue weighted by Gasteiger charge is 2.26. The van der Waals surface area contributed by atoms with Crippen molar-refractivity contribution in [2.24, 2.45) is 4.99 Å². The molecule has 1 unspecified atom stereocenters. The Labute approximate surface area is 179 Å². The van der Waals surface area contributed by atoms with E-state index in [1.165, 1.54) is 0 Å². The second-order valence-electron chi connectivity index (χ2n) is 7.29. The monoisotopic (exact) mass is 494 g/mol. The maximum absolute atomic E-state index is 6.27. The predicted octanol–water partition coefficient (Wildman–Crippen LogP) is 2.83. The molecule has 2 rings (SSSR count). The van der Waals surface area contributed by atoms with E-state index in [0.29, 0.717) is 11.1 Å². The third-order valence-electron chi connectivity index (χ3n) is 4.75. The Bertz CT molecular complexity index is 593. The zero-order valence-electron chi connectivity index (χ0n) is 16.4. The molecule has 8 heteroatoms.